The Morgan fingerprint density at radius 3 is 2.75 bits per heavy atom. The Morgan fingerprint density at radius 2 is 2.38 bits per heavy atom. The molecule has 8 heavy (non-hydrogen) atoms. The van der Waals surface area contributed by atoms with E-state index in [4.69, 9.17) is 5.11 Å². The van der Waals surface area contributed by atoms with Crippen LogP contribution in [0.4, 0.5) is 0 Å². The Morgan fingerprint density at radius 1 is 1.75 bits per heavy atom. The fourth-order valence-electron chi connectivity index (χ4n) is 0.324. The van der Waals surface area contributed by atoms with Crippen molar-refractivity contribution in [2.75, 3.05) is 13.7 Å². The zero-order valence-electron chi connectivity index (χ0n) is 5.35. The minimum absolute atomic E-state index is 0.282. The van der Waals surface area contributed by atoms with Gasteiger partial charge in [-0.1, -0.05) is 6.92 Å². The molecule has 0 radical (unpaired) electrons. The zero-order valence-corrected chi connectivity index (χ0v) is 5.35. The highest BCUT2D eigenvalue weighted by Gasteiger charge is 1.96. The Bertz CT molecular complexity index is 49.7. The Hall–Kier alpha value is -0.120. The molecule has 1 unspecified atom stereocenters. The molecule has 50 valence electrons. The van der Waals surface area contributed by atoms with Crippen LogP contribution in [0.15, 0.2) is 0 Å². The molecular weight excluding hydrogens is 106 g/mol. The molecule has 0 aromatic carbocycles. The maximum atomic E-state index is 8.85. The summed E-state index contributed by atoms with van der Waals surface area (Å²) in [7, 11) is 1.53. The van der Waals surface area contributed by atoms with E-state index in [0.29, 0.717) is 6.54 Å². The van der Waals surface area contributed by atoms with Crippen LogP contribution in [-0.2, 0) is 4.84 Å². The van der Waals surface area contributed by atoms with E-state index in [1.165, 1.54) is 7.11 Å². The van der Waals surface area contributed by atoms with E-state index >= 15 is 0 Å². The summed E-state index contributed by atoms with van der Waals surface area (Å²) in [6.07, 6.45) is 0.478. The average Bonchev–Trinajstić information content (AvgIpc) is 1.83. The van der Waals surface area contributed by atoms with Crippen molar-refractivity contribution in [1.29, 1.82) is 0 Å². The number of aliphatic hydroxyl groups is 1. The molecule has 0 aliphatic rings. The summed E-state index contributed by atoms with van der Waals surface area (Å²) in [5.41, 5.74) is 2.55. The molecule has 0 saturated heterocycles. The molecule has 0 spiro atoms. The molecule has 2 N–H and O–H groups in total. The van der Waals surface area contributed by atoms with Crippen LogP contribution >= 0.6 is 0 Å². The highest BCUT2D eigenvalue weighted by Crippen LogP contribution is 1.84. The Kier molecular flexibility index (Phi) is 4.95. The largest absolute Gasteiger partial charge is 0.392 e. The highest BCUT2D eigenvalue weighted by atomic mass is 16.6. The Labute approximate surface area is 49.6 Å². The van der Waals surface area contributed by atoms with Gasteiger partial charge in [0.25, 0.3) is 0 Å². The molecule has 0 aliphatic carbocycles. The van der Waals surface area contributed by atoms with Crippen LogP contribution < -0.4 is 5.48 Å². The van der Waals surface area contributed by atoms with Crippen LogP contribution in [0, 0.1) is 0 Å². The van der Waals surface area contributed by atoms with E-state index in [1.807, 2.05) is 6.92 Å². The van der Waals surface area contributed by atoms with Gasteiger partial charge in [0.05, 0.1) is 13.2 Å². The second-order valence-electron chi connectivity index (χ2n) is 1.61. The van der Waals surface area contributed by atoms with E-state index in [2.05, 4.69) is 10.3 Å². The first-order chi connectivity index (χ1) is 3.81. The number of aliphatic hydroxyl groups excluding tert-OH is 1. The molecule has 0 bridgehead atoms. The molecular formula is C5H13NO2. The van der Waals surface area contributed by atoms with Crippen LogP contribution in [0.25, 0.3) is 0 Å². The molecule has 0 aliphatic heterocycles. The van der Waals surface area contributed by atoms with Gasteiger partial charge in [-0.05, 0) is 6.42 Å². The van der Waals surface area contributed by atoms with Gasteiger partial charge >= 0.3 is 0 Å². The normalized spacial score (nSPS) is 13.9. The number of rotatable bonds is 4. The van der Waals surface area contributed by atoms with Crippen molar-refractivity contribution < 1.29 is 9.94 Å². The second-order valence-corrected chi connectivity index (χ2v) is 1.61. The molecule has 1 atom stereocenters. The minimum atomic E-state index is -0.282. The zero-order chi connectivity index (χ0) is 6.41. The summed E-state index contributed by atoms with van der Waals surface area (Å²) in [4.78, 5) is 4.50. The molecule has 3 heteroatoms. The van der Waals surface area contributed by atoms with Gasteiger partial charge in [0.2, 0.25) is 0 Å². The standard InChI is InChI=1S/C5H13NO2/c1-3-5(7)4-6-8-2/h5-7H,3-4H2,1-2H3. The van der Waals surface area contributed by atoms with Gasteiger partial charge in [0, 0.05) is 6.54 Å². The maximum Gasteiger partial charge on any atom is 0.0685 e. The summed E-state index contributed by atoms with van der Waals surface area (Å²) < 4.78 is 0. The van der Waals surface area contributed by atoms with E-state index < -0.39 is 0 Å². The number of hydrogen-bond donors (Lipinski definition) is 2. The van der Waals surface area contributed by atoms with Crippen molar-refractivity contribution in [2.45, 2.75) is 19.4 Å². The van der Waals surface area contributed by atoms with Crippen molar-refractivity contribution in [3.05, 3.63) is 0 Å². The predicted molar refractivity (Wildman–Crippen MR) is 31.3 cm³/mol. The molecule has 0 saturated carbocycles. The van der Waals surface area contributed by atoms with Crippen LogP contribution in [-0.4, -0.2) is 24.9 Å². The van der Waals surface area contributed by atoms with Crippen molar-refractivity contribution in [3.63, 3.8) is 0 Å². The van der Waals surface area contributed by atoms with Crippen molar-refractivity contribution >= 4 is 0 Å². The summed E-state index contributed by atoms with van der Waals surface area (Å²) in [5, 5.41) is 8.85. The quantitative estimate of drug-likeness (QED) is 0.508. The third-order valence-electron chi connectivity index (χ3n) is 0.935. The lowest BCUT2D eigenvalue weighted by Gasteiger charge is -2.05. The van der Waals surface area contributed by atoms with Gasteiger partial charge in [-0.3, -0.25) is 0 Å². The van der Waals surface area contributed by atoms with E-state index in [0.717, 1.165) is 6.42 Å². The molecule has 0 aromatic rings. The molecule has 0 rings (SSSR count). The fraction of sp³-hybridized carbons (Fsp3) is 1.00. The van der Waals surface area contributed by atoms with E-state index in [1.54, 1.807) is 0 Å². The topological polar surface area (TPSA) is 41.5 Å². The first-order valence-electron chi connectivity index (χ1n) is 2.75. The average molecular weight is 119 g/mol. The van der Waals surface area contributed by atoms with Crippen LogP contribution in [0.5, 0.6) is 0 Å². The SMILES string of the molecule is CCC(O)CNOC. The highest BCUT2D eigenvalue weighted by molar-refractivity contribution is 4.49. The first-order valence-corrected chi connectivity index (χ1v) is 2.75. The van der Waals surface area contributed by atoms with Gasteiger partial charge < -0.3 is 9.94 Å². The molecule has 0 aromatic heterocycles. The van der Waals surface area contributed by atoms with Crippen molar-refractivity contribution in [1.82, 2.24) is 5.48 Å². The summed E-state index contributed by atoms with van der Waals surface area (Å²) in [6, 6.07) is 0. The molecule has 0 heterocycles. The third-order valence-corrected chi connectivity index (χ3v) is 0.935. The first kappa shape index (κ1) is 7.88. The van der Waals surface area contributed by atoms with Crippen LogP contribution in [0.2, 0.25) is 0 Å². The smallest absolute Gasteiger partial charge is 0.0685 e. The summed E-state index contributed by atoms with van der Waals surface area (Å²) >= 11 is 0. The monoisotopic (exact) mass is 119 g/mol. The predicted octanol–water partition coefficient (Wildman–Crippen LogP) is -0.0917. The van der Waals surface area contributed by atoms with Gasteiger partial charge in [-0.25, -0.2) is 5.48 Å². The van der Waals surface area contributed by atoms with Crippen LogP contribution in [0.1, 0.15) is 13.3 Å². The lowest BCUT2D eigenvalue weighted by atomic mass is 10.3. The van der Waals surface area contributed by atoms with Crippen molar-refractivity contribution in [2.24, 2.45) is 0 Å². The number of hydrogen-bond acceptors (Lipinski definition) is 3. The number of hydroxylamine groups is 1. The fourth-order valence-corrected chi connectivity index (χ4v) is 0.324. The number of nitrogens with one attached hydrogen (secondary N) is 1. The third kappa shape index (κ3) is 4.05. The van der Waals surface area contributed by atoms with Gasteiger partial charge in [-0.2, -0.15) is 0 Å². The van der Waals surface area contributed by atoms with Gasteiger partial charge in [0.1, 0.15) is 0 Å². The van der Waals surface area contributed by atoms with Gasteiger partial charge in [-0.15, -0.1) is 0 Å². The van der Waals surface area contributed by atoms with Crippen LogP contribution in [0.3, 0.4) is 0 Å². The lowest BCUT2D eigenvalue weighted by Crippen LogP contribution is -2.24. The van der Waals surface area contributed by atoms with Crippen molar-refractivity contribution in [3.8, 4) is 0 Å². The minimum Gasteiger partial charge on any atom is -0.392 e. The Balaban J connectivity index is 2.86. The molecule has 0 amide bonds. The van der Waals surface area contributed by atoms with Gasteiger partial charge in [0.15, 0.2) is 0 Å². The maximum absolute atomic E-state index is 8.85. The summed E-state index contributed by atoms with van der Waals surface area (Å²) in [5.74, 6) is 0. The molecule has 3 nitrogen and oxygen atoms in total. The van der Waals surface area contributed by atoms with E-state index in [-0.39, 0.29) is 6.10 Å². The molecule has 0 fully saturated rings. The summed E-state index contributed by atoms with van der Waals surface area (Å²) in [6.45, 7) is 2.43. The lowest BCUT2D eigenvalue weighted by molar-refractivity contribution is 0.0491. The van der Waals surface area contributed by atoms with E-state index in [9.17, 15) is 0 Å². The second kappa shape index (κ2) is 5.03.